The van der Waals surface area contributed by atoms with Crippen LogP contribution in [0, 0.1) is 0 Å². The summed E-state index contributed by atoms with van der Waals surface area (Å²) in [6.07, 6.45) is 0. The predicted octanol–water partition coefficient (Wildman–Crippen LogP) is 3.60. The standard InChI is InChI=1S/C16H19NO2/c1-16(2,12-17)19-15-10-8-14(9-11-15)18-13-6-4-3-5-7-13/h3-11H,12,17H2,1-2H3. The quantitative estimate of drug-likeness (QED) is 0.890. The Balaban J connectivity index is 2.03. The number of hydrogen-bond donors (Lipinski definition) is 1. The Bertz CT molecular complexity index is 506. The van der Waals surface area contributed by atoms with Crippen molar-refractivity contribution < 1.29 is 9.47 Å². The second kappa shape index (κ2) is 5.76. The van der Waals surface area contributed by atoms with Crippen LogP contribution in [0.2, 0.25) is 0 Å². The molecule has 0 aliphatic carbocycles. The van der Waals surface area contributed by atoms with Gasteiger partial charge in [0.05, 0.1) is 0 Å². The van der Waals surface area contributed by atoms with Gasteiger partial charge < -0.3 is 15.2 Å². The van der Waals surface area contributed by atoms with Crippen LogP contribution in [0.5, 0.6) is 17.2 Å². The van der Waals surface area contributed by atoms with Crippen LogP contribution >= 0.6 is 0 Å². The predicted molar refractivity (Wildman–Crippen MR) is 76.7 cm³/mol. The van der Waals surface area contributed by atoms with Crippen LogP contribution < -0.4 is 15.2 Å². The molecule has 0 heterocycles. The molecule has 0 amide bonds. The fourth-order valence-corrected chi connectivity index (χ4v) is 1.56. The molecule has 0 atom stereocenters. The molecule has 100 valence electrons. The van der Waals surface area contributed by atoms with E-state index in [1.54, 1.807) is 0 Å². The Morgan fingerprint density at radius 1 is 0.842 bits per heavy atom. The molecule has 0 radical (unpaired) electrons. The summed E-state index contributed by atoms with van der Waals surface area (Å²) in [7, 11) is 0. The van der Waals surface area contributed by atoms with Gasteiger partial charge in [-0.15, -0.1) is 0 Å². The summed E-state index contributed by atoms with van der Waals surface area (Å²) in [6, 6.07) is 17.2. The minimum Gasteiger partial charge on any atom is -0.487 e. The van der Waals surface area contributed by atoms with Crippen molar-refractivity contribution in [3.63, 3.8) is 0 Å². The first-order valence-corrected chi connectivity index (χ1v) is 6.31. The Labute approximate surface area is 114 Å². The molecule has 0 unspecified atom stereocenters. The highest BCUT2D eigenvalue weighted by Crippen LogP contribution is 2.25. The van der Waals surface area contributed by atoms with Gasteiger partial charge in [-0.3, -0.25) is 0 Å². The van der Waals surface area contributed by atoms with Crippen LogP contribution in [-0.4, -0.2) is 12.1 Å². The summed E-state index contributed by atoms with van der Waals surface area (Å²) in [5, 5.41) is 0. The third-order valence-electron chi connectivity index (χ3n) is 2.69. The lowest BCUT2D eigenvalue weighted by Gasteiger charge is -2.24. The third-order valence-corrected chi connectivity index (χ3v) is 2.69. The van der Waals surface area contributed by atoms with Gasteiger partial charge in [0.1, 0.15) is 22.8 Å². The molecule has 0 aliphatic heterocycles. The maximum atomic E-state index is 5.78. The average Bonchev–Trinajstić information content (AvgIpc) is 2.42. The van der Waals surface area contributed by atoms with Crippen LogP contribution in [0.25, 0.3) is 0 Å². The summed E-state index contributed by atoms with van der Waals surface area (Å²) < 4.78 is 11.5. The van der Waals surface area contributed by atoms with Crippen molar-refractivity contribution in [2.75, 3.05) is 6.54 Å². The summed E-state index contributed by atoms with van der Waals surface area (Å²) in [4.78, 5) is 0. The number of nitrogens with two attached hydrogens (primary N) is 1. The molecule has 3 nitrogen and oxygen atoms in total. The van der Waals surface area contributed by atoms with Crippen molar-refractivity contribution >= 4 is 0 Å². The maximum Gasteiger partial charge on any atom is 0.127 e. The van der Waals surface area contributed by atoms with Gasteiger partial charge in [0, 0.05) is 6.54 Å². The van der Waals surface area contributed by atoms with Gasteiger partial charge in [0.2, 0.25) is 0 Å². The van der Waals surface area contributed by atoms with Gasteiger partial charge in [-0.05, 0) is 50.2 Å². The van der Waals surface area contributed by atoms with E-state index < -0.39 is 0 Å². The van der Waals surface area contributed by atoms with E-state index in [1.807, 2.05) is 68.4 Å². The molecule has 2 aromatic carbocycles. The minimum absolute atomic E-state index is 0.359. The lowest BCUT2D eigenvalue weighted by Crippen LogP contribution is -2.37. The van der Waals surface area contributed by atoms with E-state index in [4.69, 9.17) is 15.2 Å². The zero-order valence-electron chi connectivity index (χ0n) is 11.3. The molecular formula is C16H19NO2. The molecule has 19 heavy (non-hydrogen) atoms. The molecule has 0 spiro atoms. The Kier molecular flexibility index (Phi) is 4.07. The topological polar surface area (TPSA) is 44.5 Å². The van der Waals surface area contributed by atoms with Crippen molar-refractivity contribution in [2.24, 2.45) is 5.73 Å². The number of para-hydroxylation sites is 1. The van der Waals surface area contributed by atoms with Crippen LogP contribution in [0.1, 0.15) is 13.8 Å². The highest BCUT2D eigenvalue weighted by Gasteiger charge is 2.16. The molecule has 3 heteroatoms. The maximum absolute atomic E-state index is 5.78. The zero-order chi connectivity index (χ0) is 13.7. The van der Waals surface area contributed by atoms with E-state index in [-0.39, 0.29) is 5.60 Å². The smallest absolute Gasteiger partial charge is 0.127 e. The normalized spacial score (nSPS) is 11.1. The fraction of sp³-hybridized carbons (Fsp3) is 0.250. The van der Waals surface area contributed by atoms with Gasteiger partial charge >= 0.3 is 0 Å². The number of ether oxygens (including phenoxy) is 2. The van der Waals surface area contributed by atoms with E-state index in [0.717, 1.165) is 17.2 Å². The van der Waals surface area contributed by atoms with Crippen LogP contribution in [0.4, 0.5) is 0 Å². The van der Waals surface area contributed by atoms with E-state index in [1.165, 1.54) is 0 Å². The van der Waals surface area contributed by atoms with Gasteiger partial charge in [-0.1, -0.05) is 18.2 Å². The molecule has 0 aliphatic rings. The van der Waals surface area contributed by atoms with E-state index in [2.05, 4.69) is 0 Å². The van der Waals surface area contributed by atoms with Gasteiger partial charge in [-0.25, -0.2) is 0 Å². The summed E-state index contributed by atoms with van der Waals surface area (Å²) in [5.41, 5.74) is 5.28. The summed E-state index contributed by atoms with van der Waals surface area (Å²) in [6.45, 7) is 4.39. The molecule has 0 saturated carbocycles. The minimum atomic E-state index is -0.359. The molecule has 0 aromatic heterocycles. The van der Waals surface area contributed by atoms with Gasteiger partial charge in [0.15, 0.2) is 0 Å². The number of hydrogen-bond acceptors (Lipinski definition) is 3. The molecule has 2 N–H and O–H groups in total. The zero-order valence-corrected chi connectivity index (χ0v) is 11.3. The highest BCUT2D eigenvalue weighted by atomic mass is 16.5. The van der Waals surface area contributed by atoms with Crippen molar-refractivity contribution in [1.82, 2.24) is 0 Å². The molecule has 2 aromatic rings. The summed E-state index contributed by atoms with van der Waals surface area (Å²) in [5.74, 6) is 2.39. The van der Waals surface area contributed by atoms with Crippen molar-refractivity contribution in [3.05, 3.63) is 54.6 Å². The first-order valence-electron chi connectivity index (χ1n) is 6.31. The van der Waals surface area contributed by atoms with Crippen LogP contribution in [-0.2, 0) is 0 Å². The van der Waals surface area contributed by atoms with Crippen LogP contribution in [0.3, 0.4) is 0 Å². The summed E-state index contributed by atoms with van der Waals surface area (Å²) >= 11 is 0. The molecule has 0 bridgehead atoms. The Hall–Kier alpha value is -2.00. The second-order valence-corrected chi connectivity index (χ2v) is 4.95. The average molecular weight is 257 g/mol. The largest absolute Gasteiger partial charge is 0.487 e. The third kappa shape index (κ3) is 4.00. The van der Waals surface area contributed by atoms with E-state index in [9.17, 15) is 0 Å². The first-order chi connectivity index (χ1) is 9.09. The van der Waals surface area contributed by atoms with Crippen molar-refractivity contribution in [2.45, 2.75) is 19.4 Å². The Morgan fingerprint density at radius 2 is 1.37 bits per heavy atom. The van der Waals surface area contributed by atoms with Crippen LogP contribution in [0.15, 0.2) is 54.6 Å². The van der Waals surface area contributed by atoms with Crippen molar-refractivity contribution in [3.8, 4) is 17.2 Å². The lowest BCUT2D eigenvalue weighted by molar-refractivity contribution is 0.118. The lowest BCUT2D eigenvalue weighted by atomic mass is 10.1. The van der Waals surface area contributed by atoms with Gasteiger partial charge in [0.25, 0.3) is 0 Å². The molecule has 0 saturated heterocycles. The fourth-order valence-electron chi connectivity index (χ4n) is 1.56. The molecular weight excluding hydrogens is 238 g/mol. The second-order valence-electron chi connectivity index (χ2n) is 4.95. The van der Waals surface area contributed by atoms with E-state index in [0.29, 0.717) is 6.54 Å². The highest BCUT2D eigenvalue weighted by molar-refractivity contribution is 5.35. The van der Waals surface area contributed by atoms with Crippen molar-refractivity contribution in [1.29, 1.82) is 0 Å². The molecule has 0 fully saturated rings. The molecule has 2 rings (SSSR count). The van der Waals surface area contributed by atoms with Gasteiger partial charge in [-0.2, -0.15) is 0 Å². The monoisotopic (exact) mass is 257 g/mol. The Morgan fingerprint density at radius 3 is 1.95 bits per heavy atom. The SMILES string of the molecule is CC(C)(CN)Oc1ccc(Oc2ccccc2)cc1. The van der Waals surface area contributed by atoms with E-state index >= 15 is 0 Å². The number of rotatable bonds is 5. The first kappa shape index (κ1) is 13.4. The number of benzene rings is 2.